The van der Waals surface area contributed by atoms with Gasteiger partial charge in [-0.1, -0.05) is 12.8 Å². The smallest absolute Gasteiger partial charge is 0.279 e. The molecule has 0 bridgehead atoms. The number of hydrogen-bond donors (Lipinski definition) is 2. The van der Waals surface area contributed by atoms with Gasteiger partial charge in [-0.25, -0.2) is 0 Å². The Kier molecular flexibility index (Phi) is 4.65. The lowest BCUT2D eigenvalue weighted by Crippen LogP contribution is -2.48. The fourth-order valence-electron chi connectivity index (χ4n) is 3.30. The Bertz CT molecular complexity index is 408. The van der Waals surface area contributed by atoms with E-state index < -0.39 is 10.2 Å². The van der Waals surface area contributed by atoms with Gasteiger partial charge in [0.05, 0.1) is 0 Å². The van der Waals surface area contributed by atoms with Crippen LogP contribution in [0, 0.1) is 5.92 Å². The number of nitrogens with one attached hydrogen (secondary N) is 2. The molecule has 0 unspecified atom stereocenters. The molecule has 2 N–H and O–H groups in total. The van der Waals surface area contributed by atoms with Crippen molar-refractivity contribution in [3.05, 3.63) is 0 Å². The van der Waals surface area contributed by atoms with E-state index in [-0.39, 0.29) is 6.04 Å². The lowest BCUT2D eigenvalue weighted by atomic mass is 9.98. The van der Waals surface area contributed by atoms with Crippen molar-refractivity contribution in [2.24, 2.45) is 5.92 Å². The molecule has 2 saturated carbocycles. The molecule has 1 aliphatic heterocycles. The van der Waals surface area contributed by atoms with Crippen molar-refractivity contribution in [2.75, 3.05) is 19.6 Å². The van der Waals surface area contributed by atoms with Crippen LogP contribution in [-0.2, 0) is 10.2 Å². The topological polar surface area (TPSA) is 61.4 Å². The zero-order valence-electron chi connectivity index (χ0n) is 12.2. The minimum Gasteiger partial charge on any atom is -0.314 e. The van der Waals surface area contributed by atoms with Crippen molar-refractivity contribution in [1.29, 1.82) is 0 Å². The first-order valence-electron chi connectivity index (χ1n) is 8.14. The lowest BCUT2D eigenvalue weighted by Gasteiger charge is -2.32. The van der Waals surface area contributed by atoms with Crippen LogP contribution in [0.4, 0.5) is 0 Å². The Hall–Kier alpha value is -0.170. The third kappa shape index (κ3) is 3.93. The van der Waals surface area contributed by atoms with Crippen LogP contribution in [0.15, 0.2) is 0 Å². The molecule has 2 aliphatic carbocycles. The molecule has 1 saturated heterocycles. The van der Waals surface area contributed by atoms with Gasteiger partial charge in [-0.05, 0) is 51.0 Å². The van der Waals surface area contributed by atoms with Crippen molar-refractivity contribution < 1.29 is 8.42 Å². The number of hydrogen-bond acceptors (Lipinski definition) is 3. The molecule has 3 rings (SSSR count). The van der Waals surface area contributed by atoms with Gasteiger partial charge in [0.15, 0.2) is 0 Å². The number of nitrogens with zero attached hydrogens (tertiary/aromatic N) is 1. The van der Waals surface area contributed by atoms with Gasteiger partial charge >= 0.3 is 0 Å². The molecule has 0 aromatic carbocycles. The highest BCUT2D eigenvalue weighted by molar-refractivity contribution is 7.87. The molecule has 3 aliphatic rings. The molecule has 0 spiro atoms. The van der Waals surface area contributed by atoms with Crippen LogP contribution in [0.1, 0.15) is 51.4 Å². The van der Waals surface area contributed by atoms with Gasteiger partial charge < -0.3 is 5.32 Å². The highest BCUT2D eigenvalue weighted by Crippen LogP contribution is 2.24. The van der Waals surface area contributed by atoms with Gasteiger partial charge in [-0.3, -0.25) is 0 Å². The second-order valence-corrected chi connectivity index (χ2v) is 8.33. The van der Waals surface area contributed by atoms with E-state index in [9.17, 15) is 8.42 Å². The predicted molar refractivity (Wildman–Crippen MR) is 79.6 cm³/mol. The van der Waals surface area contributed by atoms with Crippen LogP contribution >= 0.6 is 0 Å². The summed E-state index contributed by atoms with van der Waals surface area (Å²) in [6, 6.07) is 0.926. The normalized spacial score (nSPS) is 27.2. The van der Waals surface area contributed by atoms with E-state index in [1.807, 2.05) is 0 Å². The summed E-state index contributed by atoms with van der Waals surface area (Å²) >= 11 is 0. The first-order valence-corrected chi connectivity index (χ1v) is 9.58. The van der Waals surface area contributed by atoms with E-state index in [0.717, 1.165) is 51.1 Å². The quantitative estimate of drug-likeness (QED) is 0.775. The second kappa shape index (κ2) is 6.30. The van der Waals surface area contributed by atoms with Crippen LogP contribution in [-0.4, -0.2) is 44.4 Å². The average molecular weight is 301 g/mol. The van der Waals surface area contributed by atoms with E-state index in [1.165, 1.54) is 12.8 Å². The maximum atomic E-state index is 12.3. The lowest BCUT2D eigenvalue weighted by molar-refractivity contribution is 0.263. The van der Waals surface area contributed by atoms with Gasteiger partial charge in [0.25, 0.3) is 10.2 Å². The minimum absolute atomic E-state index is 0.175. The summed E-state index contributed by atoms with van der Waals surface area (Å²) in [7, 11) is -3.25. The van der Waals surface area contributed by atoms with E-state index >= 15 is 0 Å². The van der Waals surface area contributed by atoms with Crippen molar-refractivity contribution >= 4 is 10.2 Å². The predicted octanol–water partition coefficient (Wildman–Crippen LogP) is 1.23. The molecule has 0 atom stereocenters. The SMILES string of the molecule is O=S(=O)(NC1CCCC1)N1CCC(CNC2CC2)CC1. The Labute approximate surface area is 122 Å². The Morgan fingerprint density at radius 2 is 1.55 bits per heavy atom. The third-order valence-corrected chi connectivity index (χ3v) is 6.53. The minimum atomic E-state index is -3.25. The molecule has 0 amide bonds. The molecule has 3 fully saturated rings. The van der Waals surface area contributed by atoms with Crippen LogP contribution in [0.25, 0.3) is 0 Å². The molecule has 5 nitrogen and oxygen atoms in total. The number of piperidine rings is 1. The standard InChI is InChI=1S/C14H27N3O2S/c18-20(19,16-14-3-1-2-4-14)17-9-7-12(8-10-17)11-15-13-5-6-13/h12-16H,1-11H2. The maximum absolute atomic E-state index is 12.3. The second-order valence-electron chi connectivity index (χ2n) is 6.63. The van der Waals surface area contributed by atoms with Crippen LogP contribution < -0.4 is 10.0 Å². The van der Waals surface area contributed by atoms with E-state index in [2.05, 4.69) is 10.0 Å². The van der Waals surface area contributed by atoms with Gasteiger partial charge in [-0.15, -0.1) is 0 Å². The van der Waals surface area contributed by atoms with Crippen molar-refractivity contribution in [2.45, 2.75) is 63.5 Å². The summed E-state index contributed by atoms with van der Waals surface area (Å²) in [6.07, 6.45) is 8.93. The summed E-state index contributed by atoms with van der Waals surface area (Å²) < 4.78 is 29.2. The molecule has 20 heavy (non-hydrogen) atoms. The Balaban J connectivity index is 1.43. The fourth-order valence-corrected chi connectivity index (χ4v) is 4.80. The molecule has 0 radical (unpaired) electrons. The summed E-state index contributed by atoms with van der Waals surface area (Å²) in [6.45, 7) is 2.42. The molecule has 1 heterocycles. The van der Waals surface area contributed by atoms with Gasteiger partial charge in [0.1, 0.15) is 0 Å². The summed E-state index contributed by atoms with van der Waals surface area (Å²) in [5.41, 5.74) is 0. The zero-order chi connectivity index (χ0) is 14.0. The molecule has 6 heteroatoms. The summed E-state index contributed by atoms with van der Waals surface area (Å²) in [5, 5.41) is 3.56. The van der Waals surface area contributed by atoms with Crippen molar-refractivity contribution in [1.82, 2.24) is 14.3 Å². The molecule has 116 valence electrons. The first kappa shape index (κ1) is 14.8. The highest BCUT2D eigenvalue weighted by Gasteiger charge is 2.31. The van der Waals surface area contributed by atoms with E-state index in [4.69, 9.17) is 0 Å². The van der Waals surface area contributed by atoms with Gasteiger partial charge in [-0.2, -0.15) is 17.4 Å². The monoisotopic (exact) mass is 301 g/mol. The van der Waals surface area contributed by atoms with E-state index in [1.54, 1.807) is 4.31 Å². The number of rotatable bonds is 6. The largest absolute Gasteiger partial charge is 0.314 e. The molecular formula is C14H27N3O2S. The Morgan fingerprint density at radius 1 is 0.900 bits per heavy atom. The van der Waals surface area contributed by atoms with Gasteiger partial charge in [0.2, 0.25) is 0 Å². The highest BCUT2D eigenvalue weighted by atomic mass is 32.2. The van der Waals surface area contributed by atoms with E-state index in [0.29, 0.717) is 19.0 Å². The Morgan fingerprint density at radius 3 is 2.15 bits per heavy atom. The van der Waals surface area contributed by atoms with Crippen molar-refractivity contribution in [3.63, 3.8) is 0 Å². The van der Waals surface area contributed by atoms with Crippen molar-refractivity contribution in [3.8, 4) is 0 Å². The third-order valence-electron chi connectivity index (χ3n) is 4.86. The molecular weight excluding hydrogens is 274 g/mol. The molecule has 0 aromatic rings. The summed E-state index contributed by atoms with van der Waals surface area (Å²) in [5.74, 6) is 0.647. The average Bonchev–Trinajstić information content (AvgIpc) is 3.14. The fraction of sp³-hybridized carbons (Fsp3) is 1.00. The van der Waals surface area contributed by atoms with Crippen LogP contribution in [0.5, 0.6) is 0 Å². The first-order chi connectivity index (χ1) is 9.63. The van der Waals surface area contributed by atoms with Gasteiger partial charge in [0, 0.05) is 25.2 Å². The van der Waals surface area contributed by atoms with Crippen LogP contribution in [0.2, 0.25) is 0 Å². The molecule has 0 aromatic heterocycles. The zero-order valence-corrected chi connectivity index (χ0v) is 13.0. The summed E-state index contributed by atoms with van der Waals surface area (Å²) in [4.78, 5) is 0. The maximum Gasteiger partial charge on any atom is 0.279 e. The van der Waals surface area contributed by atoms with Crippen LogP contribution in [0.3, 0.4) is 0 Å².